The van der Waals surface area contributed by atoms with Crippen molar-refractivity contribution in [2.45, 2.75) is 50.7 Å². The van der Waals surface area contributed by atoms with Gasteiger partial charge in [0.25, 0.3) is 0 Å². The highest BCUT2D eigenvalue weighted by atomic mass is 32.2. The summed E-state index contributed by atoms with van der Waals surface area (Å²) in [7, 11) is 1.65. The van der Waals surface area contributed by atoms with Crippen LogP contribution >= 0.6 is 11.8 Å². The van der Waals surface area contributed by atoms with E-state index in [2.05, 4.69) is 22.2 Å². The second-order valence-corrected chi connectivity index (χ2v) is 9.34. The number of nitrogens with one attached hydrogen (secondary N) is 1. The van der Waals surface area contributed by atoms with Gasteiger partial charge in [-0.2, -0.15) is 5.10 Å². The molecule has 176 valence electrons. The highest BCUT2D eigenvalue weighted by Gasteiger charge is 2.20. The van der Waals surface area contributed by atoms with Gasteiger partial charge in [-0.15, -0.1) is 0 Å². The number of rotatable bonds is 10. The third-order valence-electron chi connectivity index (χ3n) is 5.83. The number of hydrogen-bond acceptors (Lipinski definition) is 7. The van der Waals surface area contributed by atoms with Crippen LogP contribution in [-0.2, 0) is 17.8 Å². The van der Waals surface area contributed by atoms with Crippen molar-refractivity contribution < 1.29 is 9.53 Å². The second kappa shape index (κ2) is 11.4. The van der Waals surface area contributed by atoms with Gasteiger partial charge in [-0.05, 0) is 49.1 Å². The summed E-state index contributed by atoms with van der Waals surface area (Å²) in [5.41, 5.74) is 1.96. The topological polar surface area (TPSA) is 85.2 Å². The Bertz CT molecular complexity index is 1060. The summed E-state index contributed by atoms with van der Waals surface area (Å²) < 4.78 is 7.06. The molecule has 0 saturated carbocycles. The zero-order chi connectivity index (χ0) is 23.0. The van der Waals surface area contributed by atoms with E-state index < -0.39 is 0 Å². The van der Waals surface area contributed by atoms with Gasteiger partial charge in [-0.25, -0.2) is 14.6 Å². The van der Waals surface area contributed by atoms with Gasteiger partial charge in [0.05, 0.1) is 25.2 Å². The number of piperidine rings is 1. The summed E-state index contributed by atoms with van der Waals surface area (Å²) in [4.78, 5) is 24.3. The fourth-order valence-electron chi connectivity index (χ4n) is 4.06. The Morgan fingerprint density at radius 2 is 1.94 bits per heavy atom. The normalized spacial score (nSPS) is 13.9. The molecular weight excluding hydrogens is 436 g/mol. The molecule has 0 aliphatic carbocycles. The van der Waals surface area contributed by atoms with Gasteiger partial charge in [0.15, 0.2) is 10.8 Å². The average molecular weight is 469 g/mol. The van der Waals surface area contributed by atoms with Crippen molar-refractivity contribution in [1.82, 2.24) is 25.1 Å². The highest BCUT2D eigenvalue weighted by Crippen LogP contribution is 2.29. The molecule has 1 amide bonds. The SMILES string of the molecule is CCSc1nc(N2CCCCC2)c2cnn(CCNC(=O)CCc3ccc(OC)cc3)c2n1. The van der Waals surface area contributed by atoms with Crippen molar-refractivity contribution in [3.05, 3.63) is 36.0 Å². The number of fused-ring (bicyclic) bond motifs is 1. The molecule has 2 aromatic heterocycles. The summed E-state index contributed by atoms with van der Waals surface area (Å²) in [5, 5.41) is 9.36. The van der Waals surface area contributed by atoms with Gasteiger partial charge in [0.2, 0.25) is 5.91 Å². The van der Waals surface area contributed by atoms with Gasteiger partial charge in [-0.1, -0.05) is 30.8 Å². The first-order valence-corrected chi connectivity index (χ1v) is 12.7. The van der Waals surface area contributed by atoms with Crippen LogP contribution in [0.1, 0.15) is 38.2 Å². The lowest BCUT2D eigenvalue weighted by molar-refractivity contribution is -0.121. The number of carbonyl (C=O) groups is 1. The third kappa shape index (κ3) is 5.96. The van der Waals surface area contributed by atoms with Crippen LogP contribution in [0.25, 0.3) is 11.0 Å². The van der Waals surface area contributed by atoms with Crippen molar-refractivity contribution in [2.24, 2.45) is 0 Å². The lowest BCUT2D eigenvalue weighted by Crippen LogP contribution is -2.30. The van der Waals surface area contributed by atoms with Crippen LogP contribution in [-0.4, -0.2) is 58.2 Å². The number of amides is 1. The van der Waals surface area contributed by atoms with Crippen molar-refractivity contribution in [3.63, 3.8) is 0 Å². The maximum atomic E-state index is 12.3. The lowest BCUT2D eigenvalue weighted by atomic mass is 10.1. The van der Waals surface area contributed by atoms with Crippen LogP contribution in [0.15, 0.2) is 35.6 Å². The molecule has 1 aliphatic rings. The Labute approximate surface area is 199 Å². The second-order valence-electron chi connectivity index (χ2n) is 8.11. The standard InChI is InChI=1S/C24H32N6O2S/c1-3-33-24-27-22(29-14-5-4-6-15-29)20-17-26-30(23(20)28-24)16-13-25-21(31)12-9-18-7-10-19(32-2)11-8-18/h7-8,10-11,17H,3-6,9,12-16H2,1-2H3,(H,25,31). The molecule has 1 aromatic carbocycles. The van der Waals surface area contributed by atoms with Crippen LogP contribution in [0.2, 0.25) is 0 Å². The first-order chi connectivity index (χ1) is 16.2. The van der Waals surface area contributed by atoms with E-state index in [1.807, 2.05) is 35.1 Å². The highest BCUT2D eigenvalue weighted by molar-refractivity contribution is 7.99. The van der Waals surface area contributed by atoms with Crippen LogP contribution in [0.5, 0.6) is 5.75 Å². The third-order valence-corrected chi connectivity index (χ3v) is 6.56. The lowest BCUT2D eigenvalue weighted by Gasteiger charge is -2.28. The minimum Gasteiger partial charge on any atom is -0.497 e. The number of thioether (sulfide) groups is 1. The molecule has 9 heteroatoms. The summed E-state index contributed by atoms with van der Waals surface area (Å²) in [6.07, 6.45) is 6.68. The quantitative estimate of drug-likeness (QED) is 0.359. The molecule has 0 bridgehead atoms. The molecule has 4 rings (SSSR count). The minimum absolute atomic E-state index is 0.0353. The molecule has 33 heavy (non-hydrogen) atoms. The number of ether oxygens (including phenoxy) is 1. The first-order valence-electron chi connectivity index (χ1n) is 11.7. The summed E-state index contributed by atoms with van der Waals surface area (Å²) in [5.74, 6) is 2.77. The first kappa shape index (κ1) is 23.4. The van der Waals surface area contributed by atoms with Crippen LogP contribution in [0.4, 0.5) is 5.82 Å². The molecule has 0 unspecified atom stereocenters. The maximum Gasteiger partial charge on any atom is 0.220 e. The summed E-state index contributed by atoms with van der Waals surface area (Å²) in [6, 6.07) is 7.82. The minimum atomic E-state index is 0.0353. The monoisotopic (exact) mass is 468 g/mol. The zero-order valence-electron chi connectivity index (χ0n) is 19.4. The van der Waals surface area contributed by atoms with E-state index in [1.165, 1.54) is 19.3 Å². The Morgan fingerprint density at radius 1 is 1.15 bits per heavy atom. The molecule has 0 atom stereocenters. The van der Waals surface area contributed by atoms with Crippen molar-refractivity contribution in [2.75, 3.05) is 37.4 Å². The number of benzene rings is 1. The molecule has 1 fully saturated rings. The molecule has 1 saturated heterocycles. The smallest absolute Gasteiger partial charge is 0.220 e. The van der Waals surface area contributed by atoms with Gasteiger partial charge in [-0.3, -0.25) is 4.79 Å². The molecule has 3 heterocycles. The molecular formula is C24H32N6O2S. The van der Waals surface area contributed by atoms with E-state index in [4.69, 9.17) is 14.7 Å². The Balaban J connectivity index is 1.37. The summed E-state index contributed by atoms with van der Waals surface area (Å²) >= 11 is 1.65. The molecule has 0 spiro atoms. The summed E-state index contributed by atoms with van der Waals surface area (Å²) in [6.45, 7) is 5.25. The van der Waals surface area contributed by atoms with E-state index in [0.717, 1.165) is 52.2 Å². The van der Waals surface area contributed by atoms with E-state index in [1.54, 1.807) is 18.9 Å². The van der Waals surface area contributed by atoms with E-state index in [9.17, 15) is 4.79 Å². The molecule has 3 aromatic rings. The fraction of sp³-hybridized carbons (Fsp3) is 0.500. The maximum absolute atomic E-state index is 12.3. The van der Waals surface area contributed by atoms with Crippen LogP contribution in [0, 0.1) is 0 Å². The molecule has 1 N–H and O–H groups in total. The predicted molar refractivity (Wildman–Crippen MR) is 132 cm³/mol. The van der Waals surface area contributed by atoms with Crippen LogP contribution in [0.3, 0.4) is 0 Å². The number of carbonyl (C=O) groups excluding carboxylic acids is 1. The van der Waals surface area contributed by atoms with E-state index >= 15 is 0 Å². The Morgan fingerprint density at radius 3 is 2.67 bits per heavy atom. The largest absolute Gasteiger partial charge is 0.497 e. The fourth-order valence-corrected chi connectivity index (χ4v) is 4.62. The number of nitrogens with zero attached hydrogens (tertiary/aromatic N) is 5. The molecule has 8 nitrogen and oxygen atoms in total. The average Bonchev–Trinajstić information content (AvgIpc) is 3.26. The van der Waals surface area contributed by atoms with E-state index in [0.29, 0.717) is 25.9 Å². The van der Waals surface area contributed by atoms with Crippen molar-refractivity contribution in [3.8, 4) is 5.75 Å². The van der Waals surface area contributed by atoms with Crippen molar-refractivity contribution >= 4 is 34.5 Å². The zero-order valence-corrected chi connectivity index (χ0v) is 20.2. The Kier molecular flexibility index (Phi) is 8.04. The van der Waals surface area contributed by atoms with Gasteiger partial charge in [0, 0.05) is 26.1 Å². The van der Waals surface area contributed by atoms with E-state index in [-0.39, 0.29) is 5.91 Å². The number of methoxy groups -OCH3 is 1. The van der Waals surface area contributed by atoms with Gasteiger partial charge in [0.1, 0.15) is 11.6 Å². The van der Waals surface area contributed by atoms with Gasteiger partial charge < -0.3 is 15.0 Å². The number of hydrogen-bond donors (Lipinski definition) is 1. The number of aromatic nitrogens is 4. The van der Waals surface area contributed by atoms with Gasteiger partial charge >= 0.3 is 0 Å². The Hall–Kier alpha value is -2.81. The molecule has 0 radical (unpaired) electrons. The number of aryl methyl sites for hydroxylation is 1. The predicted octanol–water partition coefficient (Wildman–Crippen LogP) is 3.69. The van der Waals surface area contributed by atoms with Crippen molar-refractivity contribution in [1.29, 1.82) is 0 Å². The molecule has 1 aliphatic heterocycles. The van der Waals surface area contributed by atoms with Crippen LogP contribution < -0.4 is 15.0 Å². The number of anilines is 1.